The Morgan fingerprint density at radius 2 is 1.04 bits per heavy atom. The minimum Gasteiger partial charge on any atom is -0.310 e. The van der Waals surface area contributed by atoms with Gasteiger partial charge in [-0.3, -0.25) is 0 Å². The molecule has 2 nitrogen and oxygen atoms in total. The summed E-state index contributed by atoms with van der Waals surface area (Å²) in [7, 11) is 0. The van der Waals surface area contributed by atoms with E-state index in [1.54, 1.807) is 0 Å². The van der Waals surface area contributed by atoms with Crippen LogP contribution in [0, 0.1) is 0 Å². The van der Waals surface area contributed by atoms with Crippen LogP contribution in [0.2, 0.25) is 0 Å². The number of fused-ring (bicyclic) bond motifs is 9. The van der Waals surface area contributed by atoms with E-state index in [9.17, 15) is 0 Å². The number of aromatic nitrogens is 1. The third kappa shape index (κ3) is 3.90. The molecule has 0 saturated heterocycles. The Labute approximate surface area is 289 Å². The fourth-order valence-electron chi connectivity index (χ4n) is 8.45. The van der Waals surface area contributed by atoms with Gasteiger partial charge in [-0.1, -0.05) is 121 Å². The van der Waals surface area contributed by atoms with Crippen LogP contribution >= 0.6 is 0 Å². The Morgan fingerprint density at radius 3 is 1.94 bits per heavy atom. The summed E-state index contributed by atoms with van der Waals surface area (Å²) in [6, 6.07) is 66.8. The zero-order valence-corrected chi connectivity index (χ0v) is 27.2. The molecular formula is C48H30N2. The first kappa shape index (κ1) is 27.3. The third-order valence-corrected chi connectivity index (χ3v) is 10.6. The zero-order valence-electron chi connectivity index (χ0n) is 27.2. The van der Waals surface area contributed by atoms with Crippen LogP contribution in [0.4, 0.5) is 17.1 Å². The van der Waals surface area contributed by atoms with Gasteiger partial charge in [-0.25, -0.2) is 0 Å². The van der Waals surface area contributed by atoms with E-state index >= 15 is 0 Å². The van der Waals surface area contributed by atoms with Crippen molar-refractivity contribution in [2.24, 2.45) is 0 Å². The molecule has 0 amide bonds. The lowest BCUT2D eigenvalue weighted by Gasteiger charge is -2.26. The average Bonchev–Trinajstić information content (AvgIpc) is 3.69. The summed E-state index contributed by atoms with van der Waals surface area (Å²) >= 11 is 0. The van der Waals surface area contributed by atoms with Crippen molar-refractivity contribution >= 4 is 71.2 Å². The predicted octanol–water partition coefficient (Wildman–Crippen LogP) is 13.4. The quantitative estimate of drug-likeness (QED) is 0.175. The molecule has 0 radical (unpaired) electrons. The highest BCUT2D eigenvalue weighted by atomic mass is 15.1. The highest BCUT2D eigenvalue weighted by Crippen LogP contribution is 2.52. The topological polar surface area (TPSA) is 8.17 Å². The third-order valence-electron chi connectivity index (χ3n) is 10.6. The van der Waals surface area contributed by atoms with Crippen LogP contribution < -0.4 is 4.90 Å². The maximum absolute atomic E-state index is 2.43. The Bertz CT molecular complexity index is 2990. The Balaban J connectivity index is 1.15. The molecule has 0 atom stereocenters. The molecule has 1 heterocycles. The Kier molecular flexibility index (Phi) is 5.70. The number of para-hydroxylation sites is 2. The molecule has 0 unspecified atom stereocenters. The highest BCUT2D eigenvalue weighted by Gasteiger charge is 2.25. The number of nitrogens with zero attached hydrogens (tertiary/aromatic N) is 2. The molecule has 0 aliphatic heterocycles. The van der Waals surface area contributed by atoms with E-state index in [0.29, 0.717) is 0 Å². The molecule has 9 aromatic carbocycles. The molecule has 50 heavy (non-hydrogen) atoms. The van der Waals surface area contributed by atoms with E-state index in [1.807, 2.05) is 0 Å². The van der Waals surface area contributed by atoms with Gasteiger partial charge in [0, 0.05) is 33.5 Å². The van der Waals surface area contributed by atoms with Crippen LogP contribution in [0.25, 0.3) is 82.1 Å². The number of hydrogen-bond donors (Lipinski definition) is 0. The van der Waals surface area contributed by atoms with Gasteiger partial charge in [0.1, 0.15) is 0 Å². The van der Waals surface area contributed by atoms with Crippen LogP contribution in [-0.4, -0.2) is 4.57 Å². The SMILES string of the molecule is c1ccc(N(c2ccc3c(c2)-c2cccc4cc5ccccc5c-3c24)c2ccc3c4ccccc4n(-c4ccc5ccccc5c4)c3c2)cc1. The van der Waals surface area contributed by atoms with E-state index in [-0.39, 0.29) is 0 Å². The molecule has 1 aromatic heterocycles. The number of hydrogen-bond acceptors (Lipinski definition) is 1. The lowest BCUT2D eigenvalue weighted by molar-refractivity contribution is 1.18. The van der Waals surface area contributed by atoms with E-state index < -0.39 is 0 Å². The summed E-state index contributed by atoms with van der Waals surface area (Å²) in [5, 5.41) is 10.2. The van der Waals surface area contributed by atoms with E-state index in [0.717, 1.165) is 22.7 Å². The van der Waals surface area contributed by atoms with Gasteiger partial charge in [0.05, 0.1) is 11.0 Å². The molecule has 10 aromatic rings. The molecule has 232 valence electrons. The second kappa shape index (κ2) is 10.4. The van der Waals surface area contributed by atoms with Crippen LogP contribution in [-0.2, 0) is 0 Å². The summed E-state index contributed by atoms with van der Waals surface area (Å²) in [5.74, 6) is 0. The molecule has 0 bridgehead atoms. The summed E-state index contributed by atoms with van der Waals surface area (Å²) in [6.07, 6.45) is 0. The van der Waals surface area contributed by atoms with Crippen molar-refractivity contribution in [3.05, 3.63) is 182 Å². The zero-order chi connectivity index (χ0) is 32.8. The molecule has 0 N–H and O–H groups in total. The summed E-state index contributed by atoms with van der Waals surface area (Å²) < 4.78 is 2.43. The predicted molar refractivity (Wildman–Crippen MR) is 212 cm³/mol. The standard InChI is InChI=1S/C48H30N2/c1-2-15-35(16-3-1)49(37-24-26-43-44(29-37)42-19-10-14-34-27-33-13-6-7-17-39(33)48(43)47(34)42)38-23-25-41-40-18-8-9-20-45(40)50(46(41)30-38)36-22-21-31-11-4-5-12-32(31)28-36/h1-30H. The monoisotopic (exact) mass is 634 g/mol. The number of benzene rings is 9. The largest absolute Gasteiger partial charge is 0.310 e. The van der Waals surface area contributed by atoms with Gasteiger partial charge in [-0.15, -0.1) is 0 Å². The molecule has 11 rings (SSSR count). The fraction of sp³-hybridized carbons (Fsp3) is 0. The minimum atomic E-state index is 1.12. The molecule has 0 saturated carbocycles. The second-order valence-corrected chi connectivity index (χ2v) is 13.4. The minimum absolute atomic E-state index is 1.12. The first-order valence-electron chi connectivity index (χ1n) is 17.3. The summed E-state index contributed by atoms with van der Waals surface area (Å²) in [5.41, 5.74) is 12.2. The van der Waals surface area contributed by atoms with Gasteiger partial charge in [0.25, 0.3) is 0 Å². The van der Waals surface area contributed by atoms with Crippen LogP contribution in [0.1, 0.15) is 0 Å². The normalized spacial score (nSPS) is 12.0. The molecular weight excluding hydrogens is 605 g/mol. The summed E-state index contributed by atoms with van der Waals surface area (Å²) in [4.78, 5) is 2.41. The van der Waals surface area contributed by atoms with Gasteiger partial charge in [0.15, 0.2) is 0 Å². The second-order valence-electron chi connectivity index (χ2n) is 13.4. The first-order valence-corrected chi connectivity index (χ1v) is 17.3. The van der Waals surface area contributed by atoms with E-state index in [2.05, 4.69) is 191 Å². The first-order chi connectivity index (χ1) is 24.8. The van der Waals surface area contributed by atoms with Crippen molar-refractivity contribution in [2.75, 3.05) is 4.90 Å². The van der Waals surface area contributed by atoms with E-state index in [4.69, 9.17) is 0 Å². The molecule has 0 spiro atoms. The Hall–Kier alpha value is -6.64. The van der Waals surface area contributed by atoms with Crippen molar-refractivity contribution in [2.45, 2.75) is 0 Å². The van der Waals surface area contributed by atoms with Crippen molar-refractivity contribution < 1.29 is 0 Å². The maximum Gasteiger partial charge on any atom is 0.0561 e. The number of anilines is 3. The van der Waals surface area contributed by atoms with Gasteiger partial charge in [0.2, 0.25) is 0 Å². The van der Waals surface area contributed by atoms with Crippen molar-refractivity contribution in [1.29, 1.82) is 0 Å². The van der Waals surface area contributed by atoms with Crippen molar-refractivity contribution in [1.82, 2.24) is 4.57 Å². The van der Waals surface area contributed by atoms with Crippen LogP contribution in [0.3, 0.4) is 0 Å². The fourth-order valence-corrected chi connectivity index (χ4v) is 8.45. The maximum atomic E-state index is 2.43. The van der Waals surface area contributed by atoms with Crippen LogP contribution in [0.15, 0.2) is 182 Å². The number of rotatable bonds is 4. The van der Waals surface area contributed by atoms with Gasteiger partial charge in [-0.05, 0) is 115 Å². The van der Waals surface area contributed by atoms with E-state index in [1.165, 1.54) is 76.4 Å². The Morgan fingerprint density at radius 1 is 0.340 bits per heavy atom. The van der Waals surface area contributed by atoms with Crippen molar-refractivity contribution in [3.63, 3.8) is 0 Å². The van der Waals surface area contributed by atoms with Crippen LogP contribution in [0.5, 0.6) is 0 Å². The average molecular weight is 635 g/mol. The van der Waals surface area contributed by atoms with Crippen molar-refractivity contribution in [3.8, 4) is 27.9 Å². The van der Waals surface area contributed by atoms with Gasteiger partial charge >= 0.3 is 0 Å². The molecule has 2 heteroatoms. The molecule has 1 aliphatic carbocycles. The van der Waals surface area contributed by atoms with Gasteiger partial charge < -0.3 is 9.47 Å². The smallest absolute Gasteiger partial charge is 0.0561 e. The molecule has 0 fully saturated rings. The lowest BCUT2D eigenvalue weighted by atomic mass is 9.96. The lowest BCUT2D eigenvalue weighted by Crippen LogP contribution is -2.10. The van der Waals surface area contributed by atoms with Gasteiger partial charge in [-0.2, -0.15) is 0 Å². The summed E-state index contributed by atoms with van der Waals surface area (Å²) in [6.45, 7) is 0. The molecule has 1 aliphatic rings. The highest BCUT2D eigenvalue weighted by molar-refractivity contribution is 6.24.